The molecule has 0 fully saturated rings. The Morgan fingerprint density at radius 1 is 1.04 bits per heavy atom. The van der Waals surface area contributed by atoms with Crippen molar-refractivity contribution in [3.63, 3.8) is 0 Å². The van der Waals surface area contributed by atoms with Crippen LogP contribution in [0, 0.1) is 0 Å². The van der Waals surface area contributed by atoms with E-state index < -0.39 is 24.2 Å². The summed E-state index contributed by atoms with van der Waals surface area (Å²) in [4.78, 5) is 24.1. The zero-order chi connectivity index (χ0) is 19.5. The number of nitrogens with one attached hydrogen (secondary N) is 1. The van der Waals surface area contributed by atoms with E-state index in [1.165, 1.54) is 18.7 Å². The van der Waals surface area contributed by atoms with Crippen molar-refractivity contribution in [2.24, 2.45) is 0 Å². The molecule has 0 radical (unpaired) electrons. The third-order valence-corrected chi connectivity index (χ3v) is 4.74. The van der Waals surface area contributed by atoms with Crippen molar-refractivity contribution in [3.05, 3.63) is 66.2 Å². The molecule has 2 atom stereocenters. The number of amides is 1. The molecule has 2 rings (SSSR count). The van der Waals surface area contributed by atoms with Gasteiger partial charge in [-0.05, 0) is 17.7 Å². The van der Waals surface area contributed by atoms with E-state index >= 15 is 0 Å². The molecule has 0 bridgehead atoms. The highest BCUT2D eigenvalue weighted by atomic mass is 32.2. The monoisotopic (exact) mass is 389 g/mol. The van der Waals surface area contributed by atoms with E-state index in [0.29, 0.717) is 5.75 Å². The summed E-state index contributed by atoms with van der Waals surface area (Å²) in [6, 6.07) is 18.3. The lowest BCUT2D eigenvalue weighted by atomic mass is 10.2. The lowest BCUT2D eigenvalue weighted by Crippen LogP contribution is -2.47. The molecule has 0 aliphatic heterocycles. The number of carbonyl (C=O) groups excluding carboxylic acids is 2. The van der Waals surface area contributed by atoms with Crippen molar-refractivity contribution in [3.8, 4) is 0 Å². The van der Waals surface area contributed by atoms with Crippen LogP contribution in [0.1, 0.15) is 12.5 Å². The van der Waals surface area contributed by atoms with Crippen LogP contribution in [-0.2, 0) is 20.9 Å². The molecule has 0 saturated carbocycles. The van der Waals surface area contributed by atoms with Gasteiger partial charge in [-0.25, -0.2) is 4.79 Å². The zero-order valence-electron chi connectivity index (χ0n) is 15.0. The molecule has 0 aliphatic carbocycles. The molecule has 6 nitrogen and oxygen atoms in total. The first kappa shape index (κ1) is 20.8. The summed E-state index contributed by atoms with van der Waals surface area (Å²) in [5, 5.41) is 13.0. The summed E-state index contributed by atoms with van der Waals surface area (Å²) >= 11 is 1.48. The Morgan fingerprint density at radius 2 is 1.67 bits per heavy atom. The molecule has 0 heterocycles. The number of hydrogen-bond acceptors (Lipinski definition) is 6. The van der Waals surface area contributed by atoms with Gasteiger partial charge < -0.3 is 19.9 Å². The van der Waals surface area contributed by atoms with Crippen LogP contribution < -0.4 is 5.32 Å². The summed E-state index contributed by atoms with van der Waals surface area (Å²) in [7, 11) is 0. The molecule has 0 spiro atoms. The third kappa shape index (κ3) is 8.15. The highest BCUT2D eigenvalue weighted by Gasteiger charge is 2.23. The second-order valence-electron chi connectivity index (χ2n) is 5.81. The number of alkyl carbamates (subject to hydrolysis) is 1. The van der Waals surface area contributed by atoms with Crippen molar-refractivity contribution < 1.29 is 24.2 Å². The molecule has 0 aromatic heterocycles. The number of carbonyl (C=O) groups is 2. The Bertz CT molecular complexity index is 711. The van der Waals surface area contributed by atoms with Gasteiger partial charge in [0.1, 0.15) is 19.3 Å². The lowest BCUT2D eigenvalue weighted by molar-refractivity contribution is -0.144. The fourth-order valence-corrected chi connectivity index (χ4v) is 3.21. The Balaban J connectivity index is 1.90. The Labute approximate surface area is 162 Å². The van der Waals surface area contributed by atoms with Gasteiger partial charge in [-0.15, -0.1) is 11.8 Å². The van der Waals surface area contributed by atoms with Gasteiger partial charge >= 0.3 is 12.1 Å². The summed E-state index contributed by atoms with van der Waals surface area (Å²) in [5.74, 6) is -0.0949. The van der Waals surface area contributed by atoms with Crippen LogP contribution in [0.3, 0.4) is 0 Å². The van der Waals surface area contributed by atoms with Crippen LogP contribution in [0.15, 0.2) is 65.6 Å². The van der Waals surface area contributed by atoms with Crippen LogP contribution >= 0.6 is 11.8 Å². The maximum atomic E-state index is 12.1. The SMILES string of the molecule is CC(=O)OCC(O)C(CSc1ccccc1)NC(=O)OCc1ccccc1. The van der Waals surface area contributed by atoms with Crippen molar-refractivity contribution >= 4 is 23.8 Å². The van der Waals surface area contributed by atoms with Crippen LogP contribution in [-0.4, -0.2) is 41.7 Å². The van der Waals surface area contributed by atoms with E-state index in [0.717, 1.165) is 10.5 Å². The van der Waals surface area contributed by atoms with Gasteiger partial charge in [-0.2, -0.15) is 0 Å². The number of thioether (sulfide) groups is 1. The number of aliphatic hydroxyl groups is 1. The average molecular weight is 389 g/mol. The molecule has 7 heteroatoms. The van der Waals surface area contributed by atoms with Crippen LogP contribution in [0.25, 0.3) is 0 Å². The second kappa shape index (κ2) is 11.3. The third-order valence-electron chi connectivity index (χ3n) is 3.61. The van der Waals surface area contributed by atoms with Gasteiger partial charge in [0.25, 0.3) is 0 Å². The summed E-state index contributed by atoms with van der Waals surface area (Å²) in [6.45, 7) is 1.20. The first-order valence-electron chi connectivity index (χ1n) is 8.51. The number of benzene rings is 2. The summed E-state index contributed by atoms with van der Waals surface area (Å²) in [6.07, 6.45) is -1.69. The number of aliphatic hydroxyl groups excluding tert-OH is 1. The minimum Gasteiger partial charge on any atom is -0.463 e. The molecule has 0 saturated heterocycles. The Kier molecular flexibility index (Phi) is 8.67. The highest BCUT2D eigenvalue weighted by Crippen LogP contribution is 2.19. The molecular formula is C20H23NO5S. The molecule has 2 N–H and O–H groups in total. The topological polar surface area (TPSA) is 84.9 Å². The van der Waals surface area contributed by atoms with Gasteiger partial charge in [0.2, 0.25) is 0 Å². The molecule has 2 unspecified atom stereocenters. The molecule has 144 valence electrons. The van der Waals surface area contributed by atoms with Gasteiger partial charge in [0.05, 0.1) is 6.04 Å². The first-order chi connectivity index (χ1) is 13.0. The van der Waals surface area contributed by atoms with Gasteiger partial charge in [0.15, 0.2) is 0 Å². The number of hydrogen-bond donors (Lipinski definition) is 2. The summed E-state index contributed by atoms with van der Waals surface area (Å²) < 4.78 is 10.1. The van der Waals surface area contributed by atoms with Crippen LogP contribution in [0.5, 0.6) is 0 Å². The number of esters is 1. The number of ether oxygens (including phenoxy) is 2. The molecule has 2 aromatic carbocycles. The van der Waals surface area contributed by atoms with Gasteiger partial charge in [-0.1, -0.05) is 48.5 Å². The maximum Gasteiger partial charge on any atom is 0.407 e. The predicted molar refractivity (Wildman–Crippen MR) is 103 cm³/mol. The van der Waals surface area contributed by atoms with Crippen molar-refractivity contribution in [2.75, 3.05) is 12.4 Å². The largest absolute Gasteiger partial charge is 0.463 e. The van der Waals surface area contributed by atoms with Crippen molar-refractivity contribution in [1.29, 1.82) is 0 Å². The lowest BCUT2D eigenvalue weighted by Gasteiger charge is -2.23. The summed E-state index contributed by atoms with van der Waals surface area (Å²) in [5.41, 5.74) is 0.864. The van der Waals surface area contributed by atoms with E-state index in [-0.39, 0.29) is 13.2 Å². The van der Waals surface area contributed by atoms with Gasteiger partial charge in [0, 0.05) is 17.6 Å². The fourth-order valence-electron chi connectivity index (χ4n) is 2.19. The standard InChI is InChI=1S/C20H23NO5S/c1-15(22)25-13-19(23)18(14-27-17-10-6-3-7-11-17)21-20(24)26-12-16-8-4-2-5-9-16/h2-11,18-19,23H,12-14H2,1H3,(H,21,24). The van der Waals surface area contributed by atoms with Gasteiger partial charge in [-0.3, -0.25) is 4.79 Å². The second-order valence-corrected chi connectivity index (χ2v) is 6.90. The Hall–Kier alpha value is -2.51. The van der Waals surface area contributed by atoms with E-state index in [9.17, 15) is 14.7 Å². The maximum absolute atomic E-state index is 12.1. The predicted octanol–water partition coefficient (Wildman–Crippen LogP) is 3.00. The molecular weight excluding hydrogens is 366 g/mol. The number of rotatable bonds is 9. The quantitative estimate of drug-likeness (QED) is 0.507. The van der Waals surface area contributed by atoms with Crippen molar-refractivity contribution in [1.82, 2.24) is 5.32 Å². The molecule has 2 aromatic rings. The minimum absolute atomic E-state index is 0.130. The Morgan fingerprint density at radius 3 is 2.30 bits per heavy atom. The van der Waals surface area contributed by atoms with Crippen LogP contribution in [0.4, 0.5) is 4.79 Å². The molecule has 27 heavy (non-hydrogen) atoms. The van der Waals surface area contributed by atoms with E-state index in [1.54, 1.807) is 0 Å². The highest BCUT2D eigenvalue weighted by molar-refractivity contribution is 7.99. The van der Waals surface area contributed by atoms with E-state index in [4.69, 9.17) is 9.47 Å². The fraction of sp³-hybridized carbons (Fsp3) is 0.300. The van der Waals surface area contributed by atoms with E-state index in [2.05, 4.69) is 5.32 Å². The minimum atomic E-state index is -1.05. The zero-order valence-corrected chi connectivity index (χ0v) is 15.9. The first-order valence-corrected chi connectivity index (χ1v) is 9.49. The normalized spacial score (nSPS) is 12.7. The van der Waals surface area contributed by atoms with Crippen LogP contribution in [0.2, 0.25) is 0 Å². The average Bonchev–Trinajstić information content (AvgIpc) is 2.69. The molecule has 0 aliphatic rings. The molecule has 1 amide bonds. The van der Waals surface area contributed by atoms with Crippen molar-refractivity contribution in [2.45, 2.75) is 30.6 Å². The smallest absolute Gasteiger partial charge is 0.407 e. The van der Waals surface area contributed by atoms with E-state index in [1.807, 2.05) is 60.7 Å².